The number of nitrogens with zero attached hydrogens (tertiary/aromatic N) is 1. The molecule has 1 fully saturated rings. The third-order valence-electron chi connectivity index (χ3n) is 4.56. The molecule has 4 N–H and O–H groups in total. The molecule has 0 saturated carbocycles. The maximum absolute atomic E-state index is 12.9. The zero-order valence-electron chi connectivity index (χ0n) is 18.6. The predicted molar refractivity (Wildman–Crippen MR) is 124 cm³/mol. The van der Waals surface area contributed by atoms with Crippen LogP contribution >= 0.6 is 0 Å². The smallest absolute Gasteiger partial charge is 0.254 e. The highest BCUT2D eigenvalue weighted by molar-refractivity contribution is 6.02. The second kappa shape index (κ2) is 12.4. The lowest BCUT2D eigenvalue weighted by molar-refractivity contribution is -0.119. The van der Waals surface area contributed by atoms with E-state index >= 15 is 0 Å². The van der Waals surface area contributed by atoms with Crippen LogP contribution in [0.4, 0.5) is 5.69 Å². The fraction of sp³-hybridized carbons (Fsp3) is 0.375. The van der Waals surface area contributed by atoms with Gasteiger partial charge in [-0.15, -0.1) is 0 Å². The van der Waals surface area contributed by atoms with Gasteiger partial charge in [-0.3, -0.25) is 15.0 Å². The van der Waals surface area contributed by atoms with Crippen LogP contribution in [0.25, 0.3) is 0 Å². The molecule has 0 spiro atoms. The molecule has 1 aliphatic heterocycles. The number of rotatable bonds is 4. The summed E-state index contributed by atoms with van der Waals surface area (Å²) in [6, 6.07) is 15.3. The summed E-state index contributed by atoms with van der Waals surface area (Å²) < 4.78 is 0. The van der Waals surface area contributed by atoms with E-state index in [2.05, 4.69) is 5.32 Å². The minimum atomic E-state index is -0.495. The number of para-hydroxylation sites is 1. The number of amidine groups is 1. The van der Waals surface area contributed by atoms with Gasteiger partial charge in [0.05, 0.1) is 0 Å². The lowest BCUT2D eigenvalue weighted by atomic mass is 10.1. The molecule has 6 nitrogen and oxygen atoms in total. The van der Waals surface area contributed by atoms with Gasteiger partial charge in [0.15, 0.2) is 0 Å². The lowest BCUT2D eigenvalue weighted by Gasteiger charge is -2.24. The van der Waals surface area contributed by atoms with E-state index in [1.807, 2.05) is 65.0 Å². The highest BCUT2D eigenvalue weighted by Crippen LogP contribution is 2.26. The number of nitrogen functional groups attached to an aromatic ring is 1. The summed E-state index contributed by atoms with van der Waals surface area (Å²) in [5.41, 5.74) is 7.22. The Hall–Kier alpha value is -3.15. The standard InChI is InChI=1S/C20H22N4O2.2C2H6/c1-13-11-17(19(25)23-16-5-3-2-4-6-16)24(12-13)20(26)15-9-7-14(8-10-15)18(21)22;2*1-2/h2-10,13,17H,11-12H2,1H3,(H3,21,22)(H,23,25);2*1-2H3. The summed E-state index contributed by atoms with van der Waals surface area (Å²) in [5.74, 6) is -0.146. The van der Waals surface area contributed by atoms with Crippen molar-refractivity contribution >= 4 is 23.3 Å². The first-order valence-corrected chi connectivity index (χ1v) is 10.6. The number of anilines is 1. The summed E-state index contributed by atoms with van der Waals surface area (Å²) in [6.45, 7) is 10.6. The maximum Gasteiger partial charge on any atom is 0.254 e. The molecule has 2 amide bonds. The molecule has 0 radical (unpaired) electrons. The Morgan fingerprint density at radius 2 is 1.50 bits per heavy atom. The number of amides is 2. The van der Waals surface area contributed by atoms with Crippen LogP contribution in [-0.4, -0.2) is 35.1 Å². The van der Waals surface area contributed by atoms with Crippen LogP contribution in [-0.2, 0) is 4.79 Å². The lowest BCUT2D eigenvalue weighted by Crippen LogP contribution is -2.43. The zero-order chi connectivity index (χ0) is 22.7. The van der Waals surface area contributed by atoms with Gasteiger partial charge in [0.1, 0.15) is 11.9 Å². The van der Waals surface area contributed by atoms with Crippen molar-refractivity contribution in [2.24, 2.45) is 11.7 Å². The molecule has 2 atom stereocenters. The third kappa shape index (κ3) is 6.44. The van der Waals surface area contributed by atoms with Crippen molar-refractivity contribution in [3.63, 3.8) is 0 Å². The van der Waals surface area contributed by atoms with Gasteiger partial charge in [-0.25, -0.2) is 0 Å². The molecule has 2 aromatic rings. The van der Waals surface area contributed by atoms with Crippen molar-refractivity contribution in [2.75, 3.05) is 11.9 Å². The second-order valence-electron chi connectivity index (χ2n) is 6.66. The third-order valence-corrected chi connectivity index (χ3v) is 4.56. The molecule has 0 aliphatic carbocycles. The van der Waals surface area contributed by atoms with Crippen LogP contribution in [0.2, 0.25) is 0 Å². The largest absolute Gasteiger partial charge is 0.384 e. The van der Waals surface area contributed by atoms with E-state index in [-0.39, 0.29) is 23.6 Å². The van der Waals surface area contributed by atoms with Crippen LogP contribution in [0.5, 0.6) is 0 Å². The Bertz CT molecular complexity index is 819. The minimum Gasteiger partial charge on any atom is -0.384 e. The summed E-state index contributed by atoms with van der Waals surface area (Å²) in [5, 5.41) is 10.3. The second-order valence-corrected chi connectivity index (χ2v) is 6.66. The van der Waals surface area contributed by atoms with E-state index in [0.717, 1.165) is 5.69 Å². The van der Waals surface area contributed by atoms with E-state index < -0.39 is 6.04 Å². The van der Waals surface area contributed by atoms with Crippen molar-refractivity contribution in [1.82, 2.24) is 4.90 Å². The van der Waals surface area contributed by atoms with E-state index in [1.165, 1.54) is 0 Å². The van der Waals surface area contributed by atoms with Crippen LogP contribution in [0.1, 0.15) is 57.0 Å². The molecule has 1 aliphatic rings. The predicted octanol–water partition coefficient (Wildman–Crippen LogP) is 4.51. The first-order valence-electron chi connectivity index (χ1n) is 10.6. The van der Waals surface area contributed by atoms with Gasteiger partial charge >= 0.3 is 0 Å². The number of carbonyl (C=O) groups excluding carboxylic acids is 2. The van der Waals surface area contributed by atoms with Crippen molar-refractivity contribution < 1.29 is 9.59 Å². The molecule has 3 rings (SSSR count). The van der Waals surface area contributed by atoms with Crippen LogP contribution in [0.3, 0.4) is 0 Å². The van der Waals surface area contributed by atoms with E-state index in [0.29, 0.717) is 24.1 Å². The number of hydrogen-bond acceptors (Lipinski definition) is 3. The summed E-state index contributed by atoms with van der Waals surface area (Å²) >= 11 is 0. The van der Waals surface area contributed by atoms with Gasteiger partial charge in [-0.2, -0.15) is 0 Å². The monoisotopic (exact) mass is 410 g/mol. The van der Waals surface area contributed by atoms with Gasteiger partial charge in [0.25, 0.3) is 5.91 Å². The van der Waals surface area contributed by atoms with Crippen molar-refractivity contribution in [3.8, 4) is 0 Å². The zero-order valence-corrected chi connectivity index (χ0v) is 18.6. The Balaban J connectivity index is 0.00000106. The Kier molecular flexibility index (Phi) is 10.3. The van der Waals surface area contributed by atoms with Gasteiger partial charge in [-0.1, -0.05) is 65.0 Å². The number of likely N-dealkylation sites (tertiary alicyclic amines) is 1. The average molecular weight is 411 g/mol. The molecular weight excluding hydrogens is 376 g/mol. The van der Waals surface area contributed by atoms with Crippen LogP contribution in [0.15, 0.2) is 54.6 Å². The number of nitrogens with two attached hydrogens (primary N) is 1. The summed E-state index contributed by atoms with van der Waals surface area (Å²) in [6.07, 6.45) is 0.635. The van der Waals surface area contributed by atoms with Gasteiger partial charge < -0.3 is 16.0 Å². The quantitative estimate of drug-likeness (QED) is 0.511. The SMILES string of the molecule is CC.CC.CC1CC(C(=O)Nc2ccccc2)N(C(=O)c2ccc(C(=N)N)cc2)C1. The van der Waals surface area contributed by atoms with E-state index in [1.54, 1.807) is 29.2 Å². The maximum atomic E-state index is 12.9. The Labute approximate surface area is 180 Å². The molecule has 1 saturated heterocycles. The number of benzene rings is 2. The first-order chi connectivity index (χ1) is 14.5. The molecule has 162 valence electrons. The molecule has 1 heterocycles. The highest BCUT2D eigenvalue weighted by atomic mass is 16.2. The van der Waals surface area contributed by atoms with Gasteiger partial charge in [0.2, 0.25) is 5.91 Å². The number of carbonyl (C=O) groups is 2. The Morgan fingerprint density at radius 3 is 2.03 bits per heavy atom. The number of hydrogen-bond donors (Lipinski definition) is 3. The summed E-state index contributed by atoms with van der Waals surface area (Å²) in [4.78, 5) is 27.2. The first kappa shape index (κ1) is 24.9. The topological polar surface area (TPSA) is 99.3 Å². The summed E-state index contributed by atoms with van der Waals surface area (Å²) in [7, 11) is 0. The fourth-order valence-corrected chi connectivity index (χ4v) is 3.22. The molecule has 0 bridgehead atoms. The number of nitrogens with one attached hydrogen (secondary N) is 2. The van der Waals surface area contributed by atoms with E-state index in [4.69, 9.17) is 11.1 Å². The van der Waals surface area contributed by atoms with Crippen molar-refractivity contribution in [2.45, 2.75) is 47.1 Å². The van der Waals surface area contributed by atoms with Gasteiger partial charge in [-0.05, 0) is 36.6 Å². The molecule has 2 unspecified atom stereocenters. The average Bonchev–Trinajstić information content (AvgIpc) is 3.18. The molecule has 0 aromatic heterocycles. The molecule has 6 heteroatoms. The fourth-order valence-electron chi connectivity index (χ4n) is 3.22. The normalized spacial score (nSPS) is 17.0. The molecular formula is C24H34N4O2. The van der Waals surface area contributed by atoms with Crippen LogP contribution in [0, 0.1) is 11.3 Å². The van der Waals surface area contributed by atoms with Gasteiger partial charge in [0, 0.05) is 23.4 Å². The van der Waals surface area contributed by atoms with E-state index in [9.17, 15) is 9.59 Å². The van der Waals surface area contributed by atoms with Crippen molar-refractivity contribution in [3.05, 3.63) is 65.7 Å². The van der Waals surface area contributed by atoms with Crippen molar-refractivity contribution in [1.29, 1.82) is 5.41 Å². The molecule has 2 aromatic carbocycles. The highest BCUT2D eigenvalue weighted by Gasteiger charge is 2.38. The minimum absolute atomic E-state index is 0.0427. The molecule has 30 heavy (non-hydrogen) atoms. The van der Waals surface area contributed by atoms with Crippen LogP contribution < -0.4 is 11.1 Å². The Morgan fingerprint density at radius 1 is 0.967 bits per heavy atom.